The summed E-state index contributed by atoms with van der Waals surface area (Å²) >= 11 is 0. The summed E-state index contributed by atoms with van der Waals surface area (Å²) < 4.78 is 4.90. The number of alkyl carbamates (subject to hydrolysis) is 1. The Hall–Kier alpha value is -4.76. The van der Waals surface area contributed by atoms with Gasteiger partial charge in [0.15, 0.2) is 5.03 Å². The first-order chi connectivity index (χ1) is 19.4. The second kappa shape index (κ2) is 18.5. The van der Waals surface area contributed by atoms with Gasteiger partial charge in [0.2, 0.25) is 17.6 Å². The van der Waals surface area contributed by atoms with E-state index < -0.39 is 59.2 Å². The molecule has 0 unspecified atom stereocenters. The highest BCUT2D eigenvalue weighted by atomic mass is 16.7. The number of carbonyl (C=O) groups excluding carboxylic acids is 5. The van der Waals surface area contributed by atoms with Crippen molar-refractivity contribution in [3.63, 3.8) is 0 Å². The van der Waals surface area contributed by atoms with Crippen LogP contribution in [0.4, 0.5) is 4.79 Å². The highest BCUT2D eigenvalue weighted by Gasteiger charge is 2.28. The zero-order valence-electron chi connectivity index (χ0n) is 23.3. The molecule has 0 fully saturated rings. The molecule has 0 saturated carbocycles. The van der Waals surface area contributed by atoms with Crippen molar-refractivity contribution in [2.75, 3.05) is 26.2 Å². The van der Waals surface area contributed by atoms with E-state index in [9.17, 15) is 34.1 Å². The number of guanidine groups is 1. The van der Waals surface area contributed by atoms with Gasteiger partial charge in [-0.2, -0.15) is 0 Å². The molecule has 0 radical (unpaired) electrons. The number of amides is 4. The number of carbonyl (C=O) groups is 5. The summed E-state index contributed by atoms with van der Waals surface area (Å²) in [7, 11) is 0. The minimum Gasteiger partial charge on any atom is -0.449 e. The van der Waals surface area contributed by atoms with Crippen LogP contribution in [0.1, 0.15) is 39.2 Å². The maximum atomic E-state index is 12.9. The molecule has 4 amide bonds. The standard InChI is InChI=1S/C25H38N8O8/c1-16(2)15-41-25(38)29-14-20(34)30-17(3)22(36)31-19(10-7-12-28-24(26)32-33(39)40)21(35)23(37)27-13-11-18-8-5-4-6-9-18/h4-6,8-9,16-17,19H,7,10-15H2,1-3H3,(H,27,37)(H,29,38)(H,30,34)(H,31,36)(H3,26,28,32)/t17-,19-/m0/s1. The summed E-state index contributed by atoms with van der Waals surface area (Å²) in [5.41, 5.74) is 6.32. The lowest BCUT2D eigenvalue weighted by Gasteiger charge is -2.21. The molecule has 2 atom stereocenters. The first kappa shape index (κ1) is 34.3. The van der Waals surface area contributed by atoms with E-state index in [-0.39, 0.29) is 38.5 Å². The van der Waals surface area contributed by atoms with Crippen molar-refractivity contribution in [3.8, 4) is 0 Å². The minimum atomic E-state index is -1.27. The Labute approximate surface area is 237 Å². The smallest absolute Gasteiger partial charge is 0.407 e. The van der Waals surface area contributed by atoms with Gasteiger partial charge < -0.3 is 37.1 Å². The Bertz CT molecular complexity index is 1080. The van der Waals surface area contributed by atoms with Crippen LogP contribution < -0.4 is 32.3 Å². The predicted molar refractivity (Wildman–Crippen MR) is 148 cm³/mol. The van der Waals surface area contributed by atoms with Gasteiger partial charge in [0, 0.05) is 13.1 Å². The molecule has 0 aliphatic rings. The number of hydrazone groups is 1. The van der Waals surface area contributed by atoms with Crippen molar-refractivity contribution >= 4 is 35.6 Å². The largest absolute Gasteiger partial charge is 0.449 e. The number of hydrogen-bond acceptors (Lipinski definition) is 8. The Morgan fingerprint density at radius 3 is 2.32 bits per heavy atom. The lowest BCUT2D eigenvalue weighted by atomic mass is 10.0. The number of nitrogens with one attached hydrogen (secondary N) is 5. The molecule has 16 nitrogen and oxygen atoms in total. The Morgan fingerprint density at radius 1 is 1.00 bits per heavy atom. The highest BCUT2D eigenvalue weighted by Crippen LogP contribution is 2.02. The van der Waals surface area contributed by atoms with Gasteiger partial charge in [-0.3, -0.25) is 19.2 Å². The van der Waals surface area contributed by atoms with Crippen molar-refractivity contribution in [1.29, 1.82) is 0 Å². The number of benzene rings is 1. The predicted octanol–water partition coefficient (Wildman–Crippen LogP) is -0.838. The summed E-state index contributed by atoms with van der Waals surface area (Å²) in [5, 5.41) is 24.4. The van der Waals surface area contributed by atoms with E-state index in [1.807, 2.05) is 44.2 Å². The molecule has 1 aromatic carbocycles. The van der Waals surface area contributed by atoms with Crippen LogP contribution in [0.5, 0.6) is 0 Å². The van der Waals surface area contributed by atoms with Crippen LogP contribution in [-0.2, 0) is 30.3 Å². The van der Waals surface area contributed by atoms with Crippen molar-refractivity contribution in [3.05, 3.63) is 46.0 Å². The third-order valence-corrected chi connectivity index (χ3v) is 5.28. The van der Waals surface area contributed by atoms with Gasteiger partial charge >= 0.3 is 6.09 Å². The van der Waals surface area contributed by atoms with E-state index in [2.05, 4.69) is 31.7 Å². The molecule has 0 spiro atoms. The van der Waals surface area contributed by atoms with Gasteiger partial charge in [0.25, 0.3) is 11.9 Å². The van der Waals surface area contributed by atoms with E-state index in [0.29, 0.717) is 6.42 Å². The fraction of sp³-hybridized carbons (Fsp3) is 0.520. The Kier molecular flexibility index (Phi) is 15.5. The van der Waals surface area contributed by atoms with Crippen molar-refractivity contribution < 1.29 is 33.7 Å². The van der Waals surface area contributed by atoms with Gasteiger partial charge in [-0.25, -0.2) is 14.9 Å². The lowest BCUT2D eigenvalue weighted by molar-refractivity contribution is -0.485. The normalized spacial score (nSPS) is 12.4. The number of ketones is 1. The van der Waals surface area contributed by atoms with Gasteiger partial charge in [0.05, 0.1) is 12.6 Å². The molecule has 1 aromatic rings. The fourth-order valence-electron chi connectivity index (χ4n) is 3.23. The third-order valence-electron chi connectivity index (χ3n) is 5.28. The molecule has 41 heavy (non-hydrogen) atoms. The first-order valence-electron chi connectivity index (χ1n) is 13.0. The summed E-state index contributed by atoms with van der Waals surface area (Å²) in [6, 6.07) is 6.91. The second-order valence-electron chi connectivity index (χ2n) is 9.34. The number of hydrogen-bond donors (Lipinski definition) is 6. The third kappa shape index (κ3) is 15.4. The molecule has 0 aliphatic heterocycles. The monoisotopic (exact) mass is 578 g/mol. The van der Waals surface area contributed by atoms with E-state index >= 15 is 0 Å². The number of nitro groups is 1. The maximum absolute atomic E-state index is 12.9. The zero-order chi connectivity index (χ0) is 30.8. The van der Waals surface area contributed by atoms with Gasteiger partial charge in [-0.05, 0) is 37.7 Å². The van der Waals surface area contributed by atoms with Crippen LogP contribution in [0.2, 0.25) is 0 Å². The number of rotatable bonds is 17. The number of nitrogens with zero attached hydrogens (tertiary/aromatic N) is 2. The van der Waals surface area contributed by atoms with Crippen LogP contribution in [0.25, 0.3) is 0 Å². The molecule has 0 saturated heterocycles. The van der Waals surface area contributed by atoms with Crippen LogP contribution in [-0.4, -0.2) is 78.9 Å². The quantitative estimate of drug-likeness (QED) is 0.0335. The van der Waals surface area contributed by atoms with Gasteiger partial charge in [0.1, 0.15) is 17.7 Å². The molecule has 0 aromatic heterocycles. The molecule has 1 rings (SSSR count). The zero-order valence-corrected chi connectivity index (χ0v) is 23.3. The lowest BCUT2D eigenvalue weighted by Crippen LogP contribution is -2.54. The van der Waals surface area contributed by atoms with Crippen LogP contribution in [0, 0.1) is 16.0 Å². The summed E-state index contributed by atoms with van der Waals surface area (Å²) in [5.74, 6) is -3.58. The first-order valence-corrected chi connectivity index (χ1v) is 13.0. The number of nitrogens with two attached hydrogens (primary N) is 1. The summed E-state index contributed by atoms with van der Waals surface area (Å²) in [6.07, 6.45) is -0.157. The Morgan fingerprint density at radius 2 is 1.68 bits per heavy atom. The van der Waals surface area contributed by atoms with Crippen LogP contribution in [0.3, 0.4) is 0 Å². The molecule has 7 N–H and O–H groups in total. The molecule has 0 heterocycles. The average molecular weight is 579 g/mol. The molecule has 0 bridgehead atoms. The van der Waals surface area contributed by atoms with Crippen LogP contribution in [0.15, 0.2) is 35.4 Å². The van der Waals surface area contributed by atoms with Crippen LogP contribution >= 0.6 is 0 Å². The van der Waals surface area contributed by atoms with E-state index in [1.54, 1.807) is 0 Å². The minimum absolute atomic E-state index is 0.0284. The topological polar surface area (TPSA) is 236 Å². The Balaban J connectivity index is 2.71. The second-order valence-corrected chi connectivity index (χ2v) is 9.34. The van der Waals surface area contributed by atoms with Crippen molar-refractivity contribution in [2.45, 2.75) is 52.1 Å². The number of Topliss-reactive ketones (excluding diaryl/α,β-unsaturated/α-hetero) is 1. The van der Waals surface area contributed by atoms with Gasteiger partial charge in [-0.1, -0.05) is 44.2 Å². The molecular weight excluding hydrogens is 540 g/mol. The molecule has 226 valence electrons. The summed E-state index contributed by atoms with van der Waals surface area (Å²) in [4.78, 5) is 72.3. The average Bonchev–Trinajstić information content (AvgIpc) is 2.91. The molecule has 0 aliphatic carbocycles. The maximum Gasteiger partial charge on any atom is 0.407 e. The van der Waals surface area contributed by atoms with E-state index in [1.165, 1.54) is 6.92 Å². The van der Waals surface area contributed by atoms with E-state index in [4.69, 9.17) is 10.5 Å². The van der Waals surface area contributed by atoms with Crippen molar-refractivity contribution in [2.24, 2.45) is 16.8 Å². The van der Waals surface area contributed by atoms with Crippen molar-refractivity contribution in [1.82, 2.24) is 26.6 Å². The molecule has 16 heteroatoms. The fourth-order valence-corrected chi connectivity index (χ4v) is 3.23. The SMILES string of the molecule is CC(C)COC(=O)NCC(=O)N[C@@H](C)C(=O)N[C@@H](CCCN/C(N)=N\[N+](=O)[O-])C(=O)C(=O)NCCc1ccccc1. The van der Waals surface area contributed by atoms with E-state index in [0.717, 1.165) is 5.56 Å². The van der Waals surface area contributed by atoms with Gasteiger partial charge in [-0.15, -0.1) is 0 Å². The highest BCUT2D eigenvalue weighted by molar-refractivity contribution is 6.38. The number of ether oxygens (including phenoxy) is 1. The summed E-state index contributed by atoms with van der Waals surface area (Å²) in [6.45, 7) is 5.04. The molecular formula is C25H38N8O8.